The van der Waals surface area contributed by atoms with Gasteiger partial charge in [-0.1, -0.05) is 42.5 Å². The normalized spacial score (nSPS) is 11.4. The monoisotopic (exact) mass is 334 g/mol. The number of hydrogen-bond donors (Lipinski definition) is 1. The number of benzene rings is 2. The van der Waals surface area contributed by atoms with E-state index >= 15 is 0 Å². The van der Waals surface area contributed by atoms with Crippen LogP contribution in [0, 0.1) is 6.92 Å². The maximum Gasteiger partial charge on any atom is 0.291 e. The van der Waals surface area contributed by atoms with Crippen LogP contribution in [-0.4, -0.2) is 26.2 Å². The van der Waals surface area contributed by atoms with Crippen molar-refractivity contribution in [1.29, 1.82) is 0 Å². The van der Waals surface area contributed by atoms with Crippen molar-refractivity contribution in [1.82, 2.24) is 20.1 Å². The van der Waals surface area contributed by atoms with E-state index in [9.17, 15) is 4.79 Å². The molecule has 128 valence electrons. The lowest BCUT2D eigenvalue weighted by atomic mass is 10.1. The van der Waals surface area contributed by atoms with Crippen LogP contribution in [0.3, 0.4) is 0 Å². The highest BCUT2D eigenvalue weighted by molar-refractivity contribution is 5.91. The van der Waals surface area contributed by atoms with Crippen LogP contribution in [-0.2, 0) is 0 Å². The van der Waals surface area contributed by atoms with Crippen molar-refractivity contribution >= 4 is 5.91 Å². The molecule has 1 heterocycles. The molecule has 0 aliphatic carbocycles. The third kappa shape index (κ3) is 3.94. The van der Waals surface area contributed by atoms with E-state index in [2.05, 4.69) is 15.4 Å². The fourth-order valence-electron chi connectivity index (χ4n) is 2.52. The van der Waals surface area contributed by atoms with E-state index < -0.39 is 0 Å². The van der Waals surface area contributed by atoms with Gasteiger partial charge in [0.2, 0.25) is 5.82 Å². The maximum atomic E-state index is 12.5. The molecule has 0 spiro atoms. The van der Waals surface area contributed by atoms with Gasteiger partial charge in [-0.25, -0.2) is 9.67 Å². The Bertz CT molecular complexity index is 892. The molecule has 0 aliphatic heterocycles. The number of nitrogens with one attached hydrogen (secondary N) is 1. The Hall–Kier alpha value is -2.95. The van der Waals surface area contributed by atoms with E-state index in [0.29, 0.717) is 5.82 Å². The van der Waals surface area contributed by atoms with Crippen molar-refractivity contribution in [2.45, 2.75) is 33.2 Å². The summed E-state index contributed by atoms with van der Waals surface area (Å²) in [7, 11) is 0. The maximum absolute atomic E-state index is 12.5. The highest BCUT2D eigenvalue weighted by Gasteiger charge is 2.22. The van der Waals surface area contributed by atoms with Crippen molar-refractivity contribution in [2.75, 3.05) is 0 Å². The van der Waals surface area contributed by atoms with Gasteiger partial charge < -0.3 is 5.32 Å². The summed E-state index contributed by atoms with van der Waals surface area (Å²) in [6.07, 6.45) is 0. The van der Waals surface area contributed by atoms with Crippen LogP contribution in [0.4, 0.5) is 0 Å². The number of aryl methyl sites for hydroxylation is 1. The van der Waals surface area contributed by atoms with Crippen LogP contribution in [0.5, 0.6) is 0 Å². The molecule has 5 heteroatoms. The minimum absolute atomic E-state index is 0.162. The smallest absolute Gasteiger partial charge is 0.291 e. The molecule has 0 saturated carbocycles. The second-order valence-corrected chi connectivity index (χ2v) is 7.08. The average molecular weight is 334 g/mol. The summed E-state index contributed by atoms with van der Waals surface area (Å²) in [4.78, 5) is 17.0. The van der Waals surface area contributed by atoms with Crippen molar-refractivity contribution in [3.05, 3.63) is 66.0 Å². The van der Waals surface area contributed by atoms with Crippen molar-refractivity contribution in [3.63, 3.8) is 0 Å². The molecule has 1 N–H and O–H groups in total. The Morgan fingerprint density at radius 3 is 2.40 bits per heavy atom. The fourth-order valence-corrected chi connectivity index (χ4v) is 2.52. The zero-order valence-corrected chi connectivity index (χ0v) is 14.9. The van der Waals surface area contributed by atoms with E-state index in [-0.39, 0.29) is 17.3 Å². The molecule has 0 aliphatic rings. The van der Waals surface area contributed by atoms with E-state index in [0.717, 1.165) is 16.8 Å². The van der Waals surface area contributed by atoms with E-state index in [1.807, 2.05) is 82.3 Å². The Morgan fingerprint density at radius 2 is 1.76 bits per heavy atom. The lowest BCUT2D eigenvalue weighted by Gasteiger charge is -2.18. The molecule has 1 amide bonds. The number of hydrogen-bond acceptors (Lipinski definition) is 3. The van der Waals surface area contributed by atoms with Gasteiger partial charge in [-0.05, 0) is 45.4 Å². The van der Waals surface area contributed by atoms with Gasteiger partial charge in [0.25, 0.3) is 5.91 Å². The molecule has 0 atom stereocenters. The van der Waals surface area contributed by atoms with Crippen LogP contribution in [0.15, 0.2) is 54.6 Å². The van der Waals surface area contributed by atoms with Gasteiger partial charge in [-0.15, -0.1) is 5.10 Å². The largest absolute Gasteiger partial charge is 0.345 e. The molecule has 0 bridgehead atoms. The Morgan fingerprint density at radius 1 is 1.04 bits per heavy atom. The second kappa shape index (κ2) is 6.51. The molecule has 3 rings (SSSR count). The molecular formula is C20H22N4O. The molecule has 0 unspecified atom stereocenters. The van der Waals surface area contributed by atoms with Gasteiger partial charge >= 0.3 is 0 Å². The number of rotatable bonds is 3. The molecule has 0 radical (unpaired) electrons. The summed E-state index contributed by atoms with van der Waals surface area (Å²) in [6, 6.07) is 17.7. The number of aromatic nitrogens is 3. The third-order valence-electron chi connectivity index (χ3n) is 3.58. The van der Waals surface area contributed by atoms with E-state index in [1.165, 1.54) is 0 Å². The SMILES string of the molecule is Cc1cccc(-n2nc(C(=O)NC(C)(C)C)nc2-c2ccccc2)c1. The molecule has 3 aromatic rings. The first kappa shape index (κ1) is 16.9. The number of nitrogens with zero attached hydrogens (tertiary/aromatic N) is 3. The summed E-state index contributed by atoms with van der Waals surface area (Å²) in [5, 5.41) is 7.39. The van der Waals surface area contributed by atoms with Crippen molar-refractivity contribution in [3.8, 4) is 17.1 Å². The van der Waals surface area contributed by atoms with Crippen LogP contribution in [0.2, 0.25) is 0 Å². The van der Waals surface area contributed by atoms with E-state index in [4.69, 9.17) is 0 Å². The van der Waals surface area contributed by atoms with Crippen molar-refractivity contribution in [2.24, 2.45) is 0 Å². The molecule has 2 aromatic carbocycles. The van der Waals surface area contributed by atoms with Gasteiger partial charge in [-0.3, -0.25) is 4.79 Å². The predicted octanol–water partition coefficient (Wildman–Crippen LogP) is 3.77. The zero-order valence-electron chi connectivity index (χ0n) is 14.9. The van der Waals surface area contributed by atoms with Crippen LogP contribution < -0.4 is 5.32 Å². The Kier molecular flexibility index (Phi) is 4.40. The molecule has 0 fully saturated rings. The molecule has 5 nitrogen and oxygen atoms in total. The predicted molar refractivity (Wildman–Crippen MR) is 98.8 cm³/mol. The van der Waals surface area contributed by atoms with Gasteiger partial charge in [-0.2, -0.15) is 0 Å². The number of carbonyl (C=O) groups is 1. The summed E-state index contributed by atoms with van der Waals surface area (Å²) in [6.45, 7) is 7.82. The minimum atomic E-state index is -0.348. The Balaban J connectivity index is 2.11. The molecule has 25 heavy (non-hydrogen) atoms. The number of carbonyl (C=O) groups excluding carboxylic acids is 1. The standard InChI is InChI=1S/C20H22N4O/c1-14-9-8-12-16(13-14)24-18(15-10-6-5-7-11-15)21-17(23-24)19(25)22-20(2,3)4/h5-13H,1-4H3,(H,22,25). The van der Waals surface area contributed by atoms with E-state index in [1.54, 1.807) is 4.68 Å². The Labute approximate surface area is 147 Å². The second-order valence-electron chi connectivity index (χ2n) is 7.08. The topological polar surface area (TPSA) is 59.8 Å². The summed E-state index contributed by atoms with van der Waals surface area (Å²) < 4.78 is 1.72. The summed E-state index contributed by atoms with van der Waals surface area (Å²) >= 11 is 0. The highest BCUT2D eigenvalue weighted by Crippen LogP contribution is 2.21. The number of amides is 1. The quantitative estimate of drug-likeness (QED) is 0.793. The van der Waals surface area contributed by atoms with Gasteiger partial charge in [0.05, 0.1) is 5.69 Å². The molecule has 0 saturated heterocycles. The van der Waals surface area contributed by atoms with Crippen LogP contribution >= 0.6 is 0 Å². The van der Waals surface area contributed by atoms with Crippen LogP contribution in [0.25, 0.3) is 17.1 Å². The molecular weight excluding hydrogens is 312 g/mol. The first-order valence-corrected chi connectivity index (χ1v) is 8.25. The zero-order chi connectivity index (χ0) is 18.0. The van der Waals surface area contributed by atoms with Gasteiger partial charge in [0.15, 0.2) is 5.82 Å². The average Bonchev–Trinajstić information content (AvgIpc) is 2.99. The van der Waals surface area contributed by atoms with Crippen LogP contribution in [0.1, 0.15) is 37.0 Å². The minimum Gasteiger partial charge on any atom is -0.345 e. The summed E-state index contributed by atoms with van der Waals surface area (Å²) in [5.41, 5.74) is 2.55. The lowest BCUT2D eigenvalue weighted by molar-refractivity contribution is 0.0909. The lowest BCUT2D eigenvalue weighted by Crippen LogP contribution is -2.41. The first-order chi connectivity index (χ1) is 11.8. The van der Waals surface area contributed by atoms with Crippen molar-refractivity contribution < 1.29 is 4.79 Å². The third-order valence-corrected chi connectivity index (χ3v) is 3.58. The highest BCUT2D eigenvalue weighted by atomic mass is 16.2. The first-order valence-electron chi connectivity index (χ1n) is 8.25. The fraction of sp³-hybridized carbons (Fsp3) is 0.250. The molecule has 1 aromatic heterocycles. The van der Waals surface area contributed by atoms with Gasteiger partial charge in [0, 0.05) is 11.1 Å². The summed E-state index contributed by atoms with van der Waals surface area (Å²) in [5.74, 6) is 0.525. The van der Waals surface area contributed by atoms with Gasteiger partial charge in [0.1, 0.15) is 0 Å².